The summed E-state index contributed by atoms with van der Waals surface area (Å²) >= 11 is 0. The van der Waals surface area contributed by atoms with Crippen LogP contribution in [0.3, 0.4) is 0 Å². The summed E-state index contributed by atoms with van der Waals surface area (Å²) in [5, 5.41) is 14.8. The van der Waals surface area contributed by atoms with Gasteiger partial charge >= 0.3 is 0 Å². The Bertz CT molecular complexity index is 684. The minimum absolute atomic E-state index is 0.333. The van der Waals surface area contributed by atoms with Gasteiger partial charge in [0.15, 0.2) is 0 Å². The number of carboxylic acids is 2. The number of aldehydes is 2. The molecule has 10 heteroatoms. The highest BCUT2D eigenvalue weighted by molar-refractivity contribution is 5.70. The Labute approximate surface area is 237 Å². The van der Waals surface area contributed by atoms with E-state index in [-0.39, 0.29) is 11.8 Å². The molecule has 0 aliphatic carbocycles. The maximum absolute atomic E-state index is 9.22. The van der Waals surface area contributed by atoms with Crippen molar-refractivity contribution in [2.24, 2.45) is 11.5 Å². The second-order valence-electron chi connectivity index (χ2n) is 6.19. The Hall–Kier alpha value is -5.12. The molecule has 0 aliphatic heterocycles. The molecule has 0 atom stereocenters. The van der Waals surface area contributed by atoms with Crippen molar-refractivity contribution in [2.45, 2.75) is 41.5 Å². The number of carboxylic acid groups (broad SMARTS) is 2. The zero-order valence-electron chi connectivity index (χ0n) is 24.0. The predicted molar refractivity (Wildman–Crippen MR) is 159 cm³/mol. The maximum atomic E-state index is 9.22. The monoisotopic (exact) mass is 560 g/mol. The summed E-state index contributed by atoms with van der Waals surface area (Å²) < 4.78 is 0. The summed E-state index contributed by atoms with van der Waals surface area (Å²) in [5.41, 5.74) is 8.94. The van der Waals surface area contributed by atoms with E-state index >= 15 is 0 Å². The summed E-state index contributed by atoms with van der Waals surface area (Å²) in [7, 11) is 0. The van der Waals surface area contributed by atoms with Gasteiger partial charge in [-0.2, -0.15) is 0 Å². The smallest absolute Gasteiger partial charge is 0.300 e. The summed E-state index contributed by atoms with van der Waals surface area (Å²) in [6.45, 7) is 7.67. The topological polar surface area (TPSA) is 195 Å². The van der Waals surface area contributed by atoms with Crippen LogP contribution in [0.25, 0.3) is 0 Å². The van der Waals surface area contributed by atoms with E-state index in [1.807, 2.05) is 109 Å². The molecule has 0 unspecified atom stereocenters. The molecule has 0 saturated carbocycles. The second-order valence-corrected chi connectivity index (χ2v) is 6.19. The first-order valence-electron chi connectivity index (χ1n) is 11.5. The quantitative estimate of drug-likeness (QED) is 0.285. The minimum Gasteiger partial charge on any atom is -0.481 e. The number of hydrogen-bond donors (Lipinski definition) is 4. The number of nitrogens with two attached hydrogens (primary N) is 2. The average molecular weight is 561 g/mol. The van der Waals surface area contributed by atoms with E-state index in [1.54, 1.807) is 0 Å². The van der Waals surface area contributed by atoms with E-state index in [4.69, 9.17) is 29.4 Å². The van der Waals surface area contributed by atoms with Crippen LogP contribution in [-0.4, -0.2) is 46.5 Å². The van der Waals surface area contributed by atoms with E-state index < -0.39 is 11.9 Å². The Kier molecular flexibility index (Phi) is 60.8. The summed E-state index contributed by atoms with van der Waals surface area (Å²) in [5.74, 6) is -2.33. The minimum atomic E-state index is -0.833. The Morgan fingerprint density at radius 1 is 0.425 bits per heavy atom. The number of rotatable bonds is 0. The van der Waals surface area contributed by atoms with Gasteiger partial charge < -0.3 is 31.3 Å². The van der Waals surface area contributed by atoms with Gasteiger partial charge in [-0.1, -0.05) is 109 Å². The van der Waals surface area contributed by atoms with Crippen molar-refractivity contribution in [3.05, 3.63) is 109 Å². The van der Waals surface area contributed by atoms with Gasteiger partial charge in [0.2, 0.25) is 11.8 Å². The lowest BCUT2D eigenvalue weighted by atomic mass is 10.4. The molecule has 222 valence electrons. The van der Waals surface area contributed by atoms with Crippen LogP contribution in [0.15, 0.2) is 109 Å². The van der Waals surface area contributed by atoms with Gasteiger partial charge in [-0.05, 0) is 13.8 Å². The highest BCUT2D eigenvalue weighted by atomic mass is 16.4. The van der Waals surface area contributed by atoms with Gasteiger partial charge in [-0.25, -0.2) is 0 Å². The average Bonchev–Trinajstić information content (AvgIpc) is 2.88. The third-order valence-corrected chi connectivity index (χ3v) is 2.00. The largest absolute Gasteiger partial charge is 0.481 e. The SMILES string of the molecule is CC(=O)O.CC(=O)O.CC(N)=O.CC(N)=O.CC=O.CC=O.c1ccccc1.c1ccccc1.c1ccccc1. The molecule has 10 nitrogen and oxygen atoms in total. The van der Waals surface area contributed by atoms with Crippen LogP contribution in [0.2, 0.25) is 0 Å². The Balaban J connectivity index is -0.0000000825. The molecule has 3 aromatic carbocycles. The normalized spacial score (nSPS) is 6.75. The van der Waals surface area contributed by atoms with Gasteiger partial charge in [0.1, 0.15) is 12.6 Å². The molecule has 0 heterocycles. The number of amides is 2. The first-order chi connectivity index (χ1) is 18.8. The van der Waals surface area contributed by atoms with Crippen LogP contribution in [0.4, 0.5) is 0 Å². The standard InChI is InChI=1S/3C6H6.2C2H5NO.2C2H4O2.2C2H4O/c3*1-2-4-6-5-3-1;4*1-2(3)4;2*1-2-3/h3*1-6H;2*1H3,(H2,3,4);2*1H3,(H,3,4);2*2H,1H3. The first-order valence-corrected chi connectivity index (χ1v) is 11.5. The van der Waals surface area contributed by atoms with E-state index in [0.29, 0.717) is 0 Å². The summed E-state index contributed by atoms with van der Waals surface area (Å²) in [6.07, 6.45) is 1.50. The van der Waals surface area contributed by atoms with Gasteiger partial charge in [-0.3, -0.25) is 19.2 Å². The molecule has 0 spiro atoms. The first kappa shape index (κ1) is 48.0. The van der Waals surface area contributed by atoms with Crippen molar-refractivity contribution < 1.29 is 39.0 Å². The third kappa shape index (κ3) is 201. The molecular weight excluding hydrogens is 516 g/mol. The highest BCUT2D eigenvalue weighted by Crippen LogP contribution is 1.81. The third-order valence-electron chi connectivity index (χ3n) is 2.00. The van der Waals surface area contributed by atoms with Gasteiger partial charge in [0.25, 0.3) is 11.9 Å². The molecular formula is C30H44N2O8. The maximum Gasteiger partial charge on any atom is 0.300 e. The summed E-state index contributed by atoms with van der Waals surface area (Å²) in [4.78, 5) is 54.1. The molecule has 40 heavy (non-hydrogen) atoms. The van der Waals surface area contributed by atoms with E-state index in [0.717, 1.165) is 26.4 Å². The molecule has 0 fully saturated rings. The van der Waals surface area contributed by atoms with Crippen molar-refractivity contribution in [1.29, 1.82) is 0 Å². The number of carbonyl (C=O) groups is 6. The van der Waals surface area contributed by atoms with Crippen molar-refractivity contribution >= 4 is 36.3 Å². The lowest BCUT2D eigenvalue weighted by Gasteiger charge is -1.69. The molecule has 0 radical (unpaired) electrons. The lowest BCUT2D eigenvalue weighted by Crippen LogP contribution is -2.01. The zero-order chi connectivity index (χ0) is 32.5. The van der Waals surface area contributed by atoms with E-state index in [2.05, 4.69) is 11.5 Å². The number of aliphatic carboxylic acids is 2. The predicted octanol–water partition coefficient (Wildman–Crippen LogP) is 4.64. The molecule has 3 rings (SSSR count). The Morgan fingerprint density at radius 2 is 0.450 bits per heavy atom. The molecule has 0 bridgehead atoms. The van der Waals surface area contributed by atoms with Crippen LogP contribution >= 0.6 is 0 Å². The van der Waals surface area contributed by atoms with Crippen molar-refractivity contribution in [1.82, 2.24) is 0 Å². The van der Waals surface area contributed by atoms with Crippen molar-refractivity contribution in [2.75, 3.05) is 0 Å². The van der Waals surface area contributed by atoms with Crippen molar-refractivity contribution in [3.63, 3.8) is 0 Å². The number of primary amides is 2. The molecule has 0 aliphatic rings. The molecule has 3 aromatic rings. The fraction of sp³-hybridized carbons (Fsp3) is 0.200. The van der Waals surface area contributed by atoms with E-state index in [9.17, 15) is 9.59 Å². The fourth-order valence-corrected chi connectivity index (χ4v) is 1.15. The number of carbonyl (C=O) groups excluding carboxylic acids is 4. The lowest BCUT2D eigenvalue weighted by molar-refractivity contribution is -0.135. The van der Waals surface area contributed by atoms with Gasteiger partial charge in [0.05, 0.1) is 0 Å². The summed E-state index contributed by atoms with van der Waals surface area (Å²) in [6, 6.07) is 36.0. The molecule has 0 aromatic heterocycles. The van der Waals surface area contributed by atoms with E-state index in [1.165, 1.54) is 27.7 Å². The number of hydrogen-bond acceptors (Lipinski definition) is 6. The molecule has 2 amide bonds. The van der Waals surface area contributed by atoms with Gasteiger partial charge in [0, 0.05) is 27.7 Å². The van der Waals surface area contributed by atoms with Crippen LogP contribution in [0, 0.1) is 0 Å². The van der Waals surface area contributed by atoms with Crippen LogP contribution in [0.5, 0.6) is 0 Å². The fourth-order valence-electron chi connectivity index (χ4n) is 1.15. The van der Waals surface area contributed by atoms with Crippen LogP contribution in [-0.2, 0) is 28.8 Å². The molecule has 6 N–H and O–H groups in total. The molecule has 0 saturated heterocycles. The van der Waals surface area contributed by atoms with Crippen LogP contribution in [0.1, 0.15) is 41.5 Å². The zero-order valence-corrected chi connectivity index (χ0v) is 24.0. The van der Waals surface area contributed by atoms with Crippen molar-refractivity contribution in [3.8, 4) is 0 Å². The Morgan fingerprint density at radius 3 is 0.475 bits per heavy atom. The van der Waals surface area contributed by atoms with Crippen LogP contribution < -0.4 is 11.5 Å². The highest BCUT2D eigenvalue weighted by Gasteiger charge is 1.66. The second kappa shape index (κ2) is 50.7. The van der Waals surface area contributed by atoms with Gasteiger partial charge in [-0.15, -0.1) is 0 Å². The number of benzene rings is 3.